The first-order valence-electron chi connectivity index (χ1n) is 6.44. The molecule has 102 valence electrons. The Morgan fingerprint density at radius 1 is 1.37 bits per heavy atom. The lowest BCUT2D eigenvalue weighted by molar-refractivity contribution is -0.137. The molecule has 7 nitrogen and oxygen atoms in total. The molecule has 1 fully saturated rings. The van der Waals surface area contributed by atoms with Gasteiger partial charge in [0.05, 0.1) is 12.7 Å². The van der Waals surface area contributed by atoms with Crippen LogP contribution in [0.4, 0.5) is 5.95 Å². The van der Waals surface area contributed by atoms with Crippen molar-refractivity contribution < 1.29 is 9.53 Å². The molecule has 2 aliphatic rings. The van der Waals surface area contributed by atoms with E-state index in [4.69, 9.17) is 4.74 Å². The number of tetrazole rings is 1. The van der Waals surface area contributed by atoms with Gasteiger partial charge in [-0.05, 0) is 30.2 Å². The molecule has 0 amide bonds. The molecule has 0 N–H and O–H groups in total. The Morgan fingerprint density at radius 2 is 2.05 bits per heavy atom. The average Bonchev–Trinajstić information content (AvgIpc) is 3.05. The zero-order valence-electron chi connectivity index (χ0n) is 11.4. The molecule has 0 bridgehead atoms. The van der Waals surface area contributed by atoms with Gasteiger partial charge in [-0.2, -0.15) is 0 Å². The van der Waals surface area contributed by atoms with Crippen molar-refractivity contribution in [2.24, 2.45) is 0 Å². The molecular weight excluding hydrogens is 246 g/mol. The minimum absolute atomic E-state index is 0.285. The van der Waals surface area contributed by atoms with Crippen molar-refractivity contribution in [3.05, 3.63) is 11.3 Å². The van der Waals surface area contributed by atoms with Crippen molar-refractivity contribution in [2.45, 2.75) is 38.1 Å². The van der Waals surface area contributed by atoms with Gasteiger partial charge < -0.3 is 9.64 Å². The number of allylic oxidation sites excluding steroid dienone is 1. The van der Waals surface area contributed by atoms with Gasteiger partial charge in [0, 0.05) is 12.7 Å². The molecule has 7 heteroatoms. The van der Waals surface area contributed by atoms with Crippen LogP contribution in [0.1, 0.15) is 32.6 Å². The van der Waals surface area contributed by atoms with Crippen LogP contribution in [0.2, 0.25) is 0 Å². The molecule has 2 heterocycles. The number of esters is 1. The van der Waals surface area contributed by atoms with E-state index in [1.165, 1.54) is 7.11 Å². The quantitative estimate of drug-likeness (QED) is 0.699. The first-order chi connectivity index (χ1) is 9.12. The second-order valence-electron chi connectivity index (χ2n) is 5.14. The van der Waals surface area contributed by atoms with E-state index in [-0.39, 0.29) is 5.97 Å². The van der Waals surface area contributed by atoms with E-state index in [9.17, 15) is 4.79 Å². The predicted octanol–water partition coefficient (Wildman–Crippen LogP) is 0.839. The Bertz CT molecular complexity index is 556. The summed E-state index contributed by atoms with van der Waals surface area (Å²) in [5.41, 5.74) is 1.13. The van der Waals surface area contributed by atoms with Crippen LogP contribution in [0.25, 0.3) is 0 Å². The lowest BCUT2D eigenvalue weighted by Gasteiger charge is -2.39. The number of hydrogen-bond acceptors (Lipinski definition) is 6. The first kappa shape index (κ1) is 12.1. The molecule has 19 heavy (non-hydrogen) atoms. The monoisotopic (exact) mass is 263 g/mol. The van der Waals surface area contributed by atoms with Crippen molar-refractivity contribution in [1.29, 1.82) is 0 Å². The zero-order chi connectivity index (χ0) is 13.6. The minimum atomic E-state index is -0.428. The second-order valence-corrected chi connectivity index (χ2v) is 5.14. The maximum atomic E-state index is 12.2. The molecular formula is C12H17N5O2. The van der Waals surface area contributed by atoms with E-state index >= 15 is 0 Å². The van der Waals surface area contributed by atoms with Crippen LogP contribution in [0.3, 0.4) is 0 Å². The standard InChI is InChI=1S/C12H17N5O2/c1-8-9(10(18)19-3)12(6-4-5-7-12)17-11(16(8)2)13-14-15-17/h4-7H2,1-3H3. The van der Waals surface area contributed by atoms with E-state index in [1.54, 1.807) is 4.68 Å². The fraction of sp³-hybridized carbons (Fsp3) is 0.667. The number of nitrogens with zero attached hydrogens (tertiary/aromatic N) is 5. The number of carbonyl (C=O) groups is 1. The topological polar surface area (TPSA) is 73.1 Å². The lowest BCUT2D eigenvalue weighted by Crippen LogP contribution is -2.45. The molecule has 0 aromatic carbocycles. The fourth-order valence-electron chi connectivity index (χ4n) is 3.29. The van der Waals surface area contributed by atoms with E-state index in [0.717, 1.165) is 31.4 Å². The number of ether oxygens (including phenoxy) is 1. The van der Waals surface area contributed by atoms with Gasteiger partial charge in [0.2, 0.25) is 5.95 Å². The highest BCUT2D eigenvalue weighted by Gasteiger charge is 2.50. The Balaban J connectivity index is 2.24. The smallest absolute Gasteiger partial charge is 0.338 e. The van der Waals surface area contributed by atoms with E-state index in [2.05, 4.69) is 15.5 Å². The van der Waals surface area contributed by atoms with Gasteiger partial charge in [0.15, 0.2) is 0 Å². The summed E-state index contributed by atoms with van der Waals surface area (Å²) in [4.78, 5) is 14.1. The molecule has 3 rings (SSSR count). The maximum Gasteiger partial charge on any atom is 0.338 e. The molecule has 1 aromatic rings. The van der Waals surface area contributed by atoms with Crippen LogP contribution in [0.15, 0.2) is 11.3 Å². The van der Waals surface area contributed by atoms with E-state index < -0.39 is 5.54 Å². The van der Waals surface area contributed by atoms with Crippen LogP contribution >= 0.6 is 0 Å². The number of aromatic nitrogens is 4. The molecule has 1 aliphatic heterocycles. The Morgan fingerprint density at radius 3 is 2.68 bits per heavy atom. The zero-order valence-corrected chi connectivity index (χ0v) is 11.4. The van der Waals surface area contributed by atoms with Crippen LogP contribution < -0.4 is 4.90 Å². The average molecular weight is 263 g/mol. The molecule has 0 unspecified atom stereocenters. The summed E-state index contributed by atoms with van der Waals surface area (Å²) < 4.78 is 6.77. The van der Waals surface area contributed by atoms with Crippen LogP contribution in [0.5, 0.6) is 0 Å². The Labute approximate surface area is 111 Å². The molecule has 1 aliphatic carbocycles. The van der Waals surface area contributed by atoms with E-state index in [0.29, 0.717) is 11.5 Å². The summed E-state index contributed by atoms with van der Waals surface area (Å²) in [5, 5.41) is 12.0. The highest BCUT2D eigenvalue weighted by atomic mass is 16.5. The summed E-state index contributed by atoms with van der Waals surface area (Å²) in [7, 11) is 3.28. The summed E-state index contributed by atoms with van der Waals surface area (Å²) in [6.07, 6.45) is 3.88. The van der Waals surface area contributed by atoms with Gasteiger partial charge in [-0.15, -0.1) is 0 Å². The molecule has 1 saturated carbocycles. The van der Waals surface area contributed by atoms with Gasteiger partial charge in [-0.25, -0.2) is 9.48 Å². The highest BCUT2D eigenvalue weighted by Crippen LogP contribution is 2.48. The van der Waals surface area contributed by atoms with Gasteiger partial charge in [0.25, 0.3) is 0 Å². The Kier molecular flexibility index (Phi) is 2.58. The largest absolute Gasteiger partial charge is 0.466 e. The van der Waals surface area contributed by atoms with Gasteiger partial charge in [0.1, 0.15) is 5.54 Å². The van der Waals surface area contributed by atoms with Crippen LogP contribution in [-0.4, -0.2) is 40.3 Å². The van der Waals surface area contributed by atoms with Crippen LogP contribution in [-0.2, 0) is 15.1 Å². The highest BCUT2D eigenvalue weighted by molar-refractivity contribution is 5.92. The predicted molar refractivity (Wildman–Crippen MR) is 67.4 cm³/mol. The van der Waals surface area contributed by atoms with Gasteiger partial charge in [-0.3, -0.25) is 0 Å². The third-order valence-corrected chi connectivity index (χ3v) is 4.31. The van der Waals surface area contributed by atoms with Crippen molar-refractivity contribution in [2.75, 3.05) is 19.1 Å². The summed E-state index contributed by atoms with van der Waals surface area (Å²) in [6, 6.07) is 0. The molecule has 0 atom stereocenters. The lowest BCUT2D eigenvalue weighted by atomic mass is 9.85. The van der Waals surface area contributed by atoms with Crippen LogP contribution in [0, 0.1) is 0 Å². The number of carbonyl (C=O) groups excluding carboxylic acids is 1. The molecule has 1 aromatic heterocycles. The van der Waals surface area contributed by atoms with Crippen molar-refractivity contribution in [3.8, 4) is 0 Å². The second kappa shape index (κ2) is 4.04. The van der Waals surface area contributed by atoms with E-state index in [1.807, 2.05) is 18.9 Å². The number of hydrogen-bond donors (Lipinski definition) is 0. The molecule has 0 saturated heterocycles. The molecule has 1 spiro atoms. The normalized spacial score (nSPS) is 20.9. The number of rotatable bonds is 1. The minimum Gasteiger partial charge on any atom is -0.466 e. The van der Waals surface area contributed by atoms with Crippen molar-refractivity contribution >= 4 is 11.9 Å². The van der Waals surface area contributed by atoms with Gasteiger partial charge >= 0.3 is 5.97 Å². The number of fused-ring (bicyclic) bond motifs is 2. The maximum absolute atomic E-state index is 12.2. The summed E-state index contributed by atoms with van der Waals surface area (Å²) in [5.74, 6) is 0.402. The summed E-state index contributed by atoms with van der Waals surface area (Å²) >= 11 is 0. The number of anilines is 1. The third-order valence-electron chi connectivity index (χ3n) is 4.31. The number of methoxy groups -OCH3 is 1. The van der Waals surface area contributed by atoms with Gasteiger partial charge in [-0.1, -0.05) is 17.9 Å². The third kappa shape index (κ3) is 1.44. The first-order valence-corrected chi connectivity index (χ1v) is 6.44. The fourth-order valence-corrected chi connectivity index (χ4v) is 3.29. The summed E-state index contributed by atoms with van der Waals surface area (Å²) in [6.45, 7) is 1.92. The Hall–Kier alpha value is -1.92. The SMILES string of the molecule is COC(=O)C1=C(C)N(C)c2nnnn2C12CCCC2. The molecule has 0 radical (unpaired) electrons. The van der Waals surface area contributed by atoms with Crippen molar-refractivity contribution in [3.63, 3.8) is 0 Å². The van der Waals surface area contributed by atoms with Crippen molar-refractivity contribution in [1.82, 2.24) is 20.2 Å².